The summed E-state index contributed by atoms with van der Waals surface area (Å²) in [5, 5.41) is 13.9. The number of carboxylic acid groups (broad SMARTS) is 1. The number of hydrogen-bond acceptors (Lipinski definition) is 6. The summed E-state index contributed by atoms with van der Waals surface area (Å²) < 4.78 is 10.6. The molecule has 26 heavy (non-hydrogen) atoms. The molecule has 3 rings (SSSR count). The molecule has 1 aliphatic heterocycles. The second-order valence-corrected chi connectivity index (χ2v) is 6.35. The van der Waals surface area contributed by atoms with E-state index in [4.69, 9.17) is 9.26 Å². The van der Waals surface area contributed by atoms with Crippen molar-refractivity contribution in [2.45, 2.75) is 26.3 Å². The molecule has 140 valence electrons. The third kappa shape index (κ3) is 3.39. The number of carbonyl (C=O) groups is 1. The maximum atomic E-state index is 11.9. The predicted molar refractivity (Wildman–Crippen MR) is 99.0 cm³/mol. The number of ether oxygens (including phenoxy) is 1. The molecule has 0 amide bonds. The van der Waals surface area contributed by atoms with Crippen molar-refractivity contribution in [3.05, 3.63) is 29.8 Å². The molecule has 1 saturated heterocycles. The zero-order chi connectivity index (χ0) is 18.7. The summed E-state index contributed by atoms with van der Waals surface area (Å²) in [6.07, 6.45) is 0.992. The minimum Gasteiger partial charge on any atom is -0.497 e. The van der Waals surface area contributed by atoms with E-state index in [0.717, 1.165) is 32.6 Å². The average molecular weight is 359 g/mol. The molecule has 0 aliphatic carbocycles. The fraction of sp³-hybridized carbons (Fsp3) is 0.474. The van der Waals surface area contributed by atoms with Crippen molar-refractivity contribution in [1.82, 2.24) is 10.1 Å². The molecule has 7 nitrogen and oxygen atoms in total. The quantitative estimate of drug-likeness (QED) is 0.814. The van der Waals surface area contributed by atoms with Crippen molar-refractivity contribution in [2.24, 2.45) is 0 Å². The number of anilines is 1. The van der Waals surface area contributed by atoms with Gasteiger partial charge in [0.15, 0.2) is 17.1 Å². The Labute approximate surface area is 153 Å². The van der Waals surface area contributed by atoms with Gasteiger partial charge in [-0.15, -0.1) is 0 Å². The summed E-state index contributed by atoms with van der Waals surface area (Å²) >= 11 is 0. The van der Waals surface area contributed by atoms with Gasteiger partial charge in [-0.05, 0) is 43.8 Å². The number of hydrogen-bond donors (Lipinski definition) is 1. The average Bonchev–Trinajstić information content (AvgIpc) is 3.30. The van der Waals surface area contributed by atoms with Crippen LogP contribution in [0, 0.1) is 0 Å². The lowest BCUT2D eigenvalue weighted by molar-refractivity contribution is 0.0698. The van der Waals surface area contributed by atoms with Crippen molar-refractivity contribution in [1.29, 1.82) is 0 Å². The maximum absolute atomic E-state index is 11.9. The van der Waals surface area contributed by atoms with Gasteiger partial charge in [0.25, 0.3) is 0 Å². The van der Waals surface area contributed by atoms with Gasteiger partial charge < -0.3 is 19.3 Å². The van der Waals surface area contributed by atoms with Gasteiger partial charge in [0, 0.05) is 24.7 Å². The first-order chi connectivity index (χ1) is 12.6. The molecule has 1 fully saturated rings. The fourth-order valence-corrected chi connectivity index (χ4v) is 3.60. The molecule has 2 heterocycles. The first kappa shape index (κ1) is 18.3. The number of nitrogens with zero attached hydrogens (tertiary/aromatic N) is 3. The molecule has 1 unspecified atom stereocenters. The summed E-state index contributed by atoms with van der Waals surface area (Å²) in [7, 11) is 1.59. The number of benzene rings is 1. The highest BCUT2D eigenvalue weighted by atomic mass is 16.5. The Hall–Kier alpha value is -2.54. The monoisotopic (exact) mass is 359 g/mol. The van der Waals surface area contributed by atoms with Crippen LogP contribution < -0.4 is 9.64 Å². The van der Waals surface area contributed by atoms with Gasteiger partial charge in [-0.3, -0.25) is 4.90 Å². The van der Waals surface area contributed by atoms with Crippen LogP contribution in [0.25, 0.3) is 11.3 Å². The second kappa shape index (κ2) is 7.78. The summed E-state index contributed by atoms with van der Waals surface area (Å²) in [6.45, 7) is 7.79. The van der Waals surface area contributed by atoms with Crippen LogP contribution in [0.2, 0.25) is 0 Å². The van der Waals surface area contributed by atoms with Crippen LogP contribution >= 0.6 is 0 Å². The smallest absolute Gasteiger partial charge is 0.343 e. The lowest BCUT2D eigenvalue weighted by atomic mass is 10.1. The molecular formula is C19H25N3O4. The molecule has 1 atom stereocenters. The Balaban J connectivity index is 1.89. The highest BCUT2D eigenvalue weighted by Crippen LogP contribution is 2.34. The van der Waals surface area contributed by atoms with Crippen molar-refractivity contribution in [3.63, 3.8) is 0 Å². The first-order valence-electron chi connectivity index (χ1n) is 8.95. The minimum absolute atomic E-state index is 0.121. The molecule has 1 N–H and O–H groups in total. The van der Waals surface area contributed by atoms with Gasteiger partial charge >= 0.3 is 5.97 Å². The Bertz CT molecular complexity index is 753. The lowest BCUT2D eigenvalue weighted by Gasteiger charge is -2.26. The SMILES string of the molecule is CCN(CC)C1CCN(c2noc(-c3ccc(OC)cc3)c2C(=O)O)C1. The maximum Gasteiger partial charge on any atom is 0.343 e. The van der Waals surface area contributed by atoms with Gasteiger partial charge in [0.2, 0.25) is 0 Å². The van der Waals surface area contributed by atoms with Gasteiger partial charge in [-0.2, -0.15) is 0 Å². The Morgan fingerprint density at radius 3 is 2.62 bits per heavy atom. The van der Waals surface area contributed by atoms with Gasteiger partial charge in [-0.1, -0.05) is 19.0 Å². The number of aromatic carboxylic acids is 1. The third-order valence-electron chi connectivity index (χ3n) is 5.03. The van der Waals surface area contributed by atoms with Crippen LogP contribution in [0.5, 0.6) is 5.75 Å². The second-order valence-electron chi connectivity index (χ2n) is 6.35. The van der Waals surface area contributed by atoms with E-state index in [0.29, 0.717) is 23.2 Å². The molecule has 1 aromatic heterocycles. The Morgan fingerprint density at radius 2 is 2.04 bits per heavy atom. The zero-order valence-corrected chi connectivity index (χ0v) is 15.4. The summed E-state index contributed by atoms with van der Waals surface area (Å²) in [5.41, 5.74) is 0.789. The van der Waals surface area contributed by atoms with Crippen LogP contribution in [0.15, 0.2) is 28.8 Å². The largest absolute Gasteiger partial charge is 0.497 e. The number of aromatic nitrogens is 1. The van der Waals surface area contributed by atoms with E-state index in [9.17, 15) is 9.90 Å². The number of rotatable bonds is 7. The fourth-order valence-electron chi connectivity index (χ4n) is 3.60. The molecule has 0 bridgehead atoms. The van der Waals surface area contributed by atoms with E-state index in [2.05, 4.69) is 23.9 Å². The standard InChI is InChI=1S/C19H25N3O4/c1-4-21(5-2)14-10-11-22(12-14)18-16(19(23)24)17(26-20-18)13-6-8-15(25-3)9-7-13/h6-9,14H,4-5,10-12H2,1-3H3,(H,23,24). The molecular weight excluding hydrogens is 334 g/mol. The zero-order valence-electron chi connectivity index (χ0n) is 15.4. The highest BCUT2D eigenvalue weighted by molar-refractivity contribution is 5.99. The Kier molecular flexibility index (Phi) is 5.46. The molecule has 1 aromatic carbocycles. The summed E-state index contributed by atoms with van der Waals surface area (Å²) in [4.78, 5) is 16.3. The van der Waals surface area contributed by atoms with E-state index < -0.39 is 5.97 Å². The summed E-state index contributed by atoms with van der Waals surface area (Å²) in [6, 6.07) is 7.51. The third-order valence-corrected chi connectivity index (χ3v) is 5.03. The number of carboxylic acids is 1. The van der Waals surface area contributed by atoms with Crippen molar-refractivity contribution in [2.75, 3.05) is 38.2 Å². The van der Waals surface area contributed by atoms with Crippen LogP contribution in [0.3, 0.4) is 0 Å². The topological polar surface area (TPSA) is 79.0 Å². The predicted octanol–water partition coefficient (Wildman–Crippen LogP) is 2.97. The molecule has 0 spiro atoms. The molecule has 7 heteroatoms. The van der Waals surface area contributed by atoms with E-state index in [1.165, 1.54) is 0 Å². The molecule has 1 aliphatic rings. The molecule has 0 radical (unpaired) electrons. The highest BCUT2D eigenvalue weighted by Gasteiger charge is 2.33. The lowest BCUT2D eigenvalue weighted by Crippen LogP contribution is -2.37. The number of likely N-dealkylation sites (N-methyl/N-ethyl adjacent to an activating group) is 1. The van der Waals surface area contributed by atoms with Crippen LogP contribution in [-0.4, -0.2) is 60.5 Å². The molecule has 2 aromatic rings. The van der Waals surface area contributed by atoms with Gasteiger partial charge in [0.1, 0.15) is 5.75 Å². The number of methoxy groups -OCH3 is 1. The summed E-state index contributed by atoms with van der Waals surface area (Å²) in [5.74, 6) is 0.366. The van der Waals surface area contributed by atoms with Gasteiger partial charge in [0.05, 0.1) is 7.11 Å². The van der Waals surface area contributed by atoms with E-state index in [-0.39, 0.29) is 11.3 Å². The molecule has 0 saturated carbocycles. The first-order valence-corrected chi connectivity index (χ1v) is 8.95. The van der Waals surface area contributed by atoms with E-state index >= 15 is 0 Å². The van der Waals surface area contributed by atoms with Crippen molar-refractivity contribution in [3.8, 4) is 17.1 Å². The van der Waals surface area contributed by atoms with Crippen LogP contribution in [0.4, 0.5) is 5.82 Å². The normalized spacial score (nSPS) is 17.1. The van der Waals surface area contributed by atoms with Crippen molar-refractivity contribution < 1.29 is 19.2 Å². The van der Waals surface area contributed by atoms with Crippen molar-refractivity contribution >= 4 is 11.8 Å². The Morgan fingerprint density at radius 1 is 1.35 bits per heavy atom. The van der Waals surface area contributed by atoms with E-state index in [1.807, 2.05) is 4.90 Å². The van der Waals surface area contributed by atoms with Gasteiger partial charge in [-0.25, -0.2) is 4.79 Å². The van der Waals surface area contributed by atoms with Crippen LogP contribution in [-0.2, 0) is 0 Å². The van der Waals surface area contributed by atoms with E-state index in [1.54, 1.807) is 31.4 Å². The minimum atomic E-state index is -1.03. The van der Waals surface area contributed by atoms with Crippen LogP contribution in [0.1, 0.15) is 30.6 Å².